The monoisotopic (exact) mass is 415 g/mol. The molecule has 154 valence electrons. The van der Waals surface area contributed by atoms with Crippen molar-refractivity contribution in [3.63, 3.8) is 0 Å². The summed E-state index contributed by atoms with van der Waals surface area (Å²) in [6, 6.07) is 10.8. The van der Waals surface area contributed by atoms with E-state index in [2.05, 4.69) is 10.3 Å². The summed E-state index contributed by atoms with van der Waals surface area (Å²) in [5, 5.41) is 2.40. The predicted octanol–water partition coefficient (Wildman–Crippen LogP) is 3.36. The first-order chi connectivity index (χ1) is 14.3. The number of rotatable bonds is 7. The Labute approximate surface area is 169 Å². The van der Waals surface area contributed by atoms with Gasteiger partial charge in [-0.3, -0.25) is 14.6 Å². The van der Waals surface area contributed by atoms with Crippen molar-refractivity contribution >= 4 is 11.8 Å². The minimum absolute atomic E-state index is 0.0617. The van der Waals surface area contributed by atoms with Gasteiger partial charge in [0.1, 0.15) is 40.2 Å². The van der Waals surface area contributed by atoms with Crippen LogP contribution in [0.25, 0.3) is 0 Å². The highest BCUT2D eigenvalue weighted by atomic mass is 19.1. The van der Waals surface area contributed by atoms with E-state index in [0.717, 1.165) is 5.56 Å². The highest BCUT2D eigenvalue weighted by Gasteiger charge is 2.18. The third kappa shape index (κ3) is 5.13. The molecule has 0 aliphatic rings. The van der Waals surface area contributed by atoms with Crippen LogP contribution in [0.3, 0.4) is 0 Å². The lowest BCUT2D eigenvalue weighted by Gasteiger charge is -2.10. The zero-order chi connectivity index (χ0) is 21.7. The third-order valence-electron chi connectivity index (χ3n) is 4.05. The summed E-state index contributed by atoms with van der Waals surface area (Å²) in [5.41, 5.74) is 5.19. The molecule has 3 N–H and O–H groups in total. The predicted molar refractivity (Wildman–Crippen MR) is 102 cm³/mol. The van der Waals surface area contributed by atoms with Crippen LogP contribution >= 0.6 is 0 Å². The average molecular weight is 415 g/mol. The minimum Gasteiger partial charge on any atom is -0.457 e. The van der Waals surface area contributed by atoms with E-state index >= 15 is 0 Å². The van der Waals surface area contributed by atoms with Crippen molar-refractivity contribution in [3.05, 3.63) is 89.0 Å². The maximum Gasteiger partial charge on any atom is 0.267 e. The number of carbonyl (C=O) groups excluding carboxylic acids is 2. The number of benzene rings is 2. The molecule has 0 aliphatic heterocycles. The van der Waals surface area contributed by atoms with Crippen LogP contribution in [-0.2, 0) is 6.42 Å². The molecule has 1 heterocycles. The molecule has 2 aromatic carbocycles. The second-order valence-electron chi connectivity index (χ2n) is 6.24. The third-order valence-corrected chi connectivity index (χ3v) is 4.05. The first-order valence-corrected chi connectivity index (χ1v) is 8.79. The quantitative estimate of drug-likeness (QED) is 0.619. The van der Waals surface area contributed by atoms with Crippen LogP contribution < -0.4 is 15.8 Å². The smallest absolute Gasteiger partial charge is 0.267 e. The Morgan fingerprint density at radius 1 is 1.00 bits per heavy atom. The molecule has 9 heteroatoms. The van der Waals surface area contributed by atoms with E-state index in [4.69, 9.17) is 10.5 Å². The van der Waals surface area contributed by atoms with E-state index in [9.17, 15) is 22.8 Å². The van der Waals surface area contributed by atoms with E-state index in [1.54, 1.807) is 30.3 Å². The lowest BCUT2D eigenvalue weighted by molar-refractivity contribution is 0.0944. The number of aromatic nitrogens is 1. The number of nitrogens with zero attached hydrogens (tertiary/aromatic N) is 1. The van der Waals surface area contributed by atoms with E-state index in [1.807, 2.05) is 0 Å². The van der Waals surface area contributed by atoms with E-state index < -0.39 is 34.8 Å². The van der Waals surface area contributed by atoms with Gasteiger partial charge in [-0.15, -0.1) is 0 Å². The van der Waals surface area contributed by atoms with E-state index in [1.165, 1.54) is 12.3 Å². The molecule has 0 fully saturated rings. The Bertz CT molecular complexity index is 1080. The molecule has 3 aromatic rings. The molecule has 30 heavy (non-hydrogen) atoms. The molecule has 1 aromatic heterocycles. The van der Waals surface area contributed by atoms with Crippen LogP contribution in [0, 0.1) is 17.5 Å². The first kappa shape index (κ1) is 20.8. The fraction of sp³-hybridized carbons (Fsp3) is 0.0952. The van der Waals surface area contributed by atoms with Crippen molar-refractivity contribution in [2.75, 3.05) is 6.54 Å². The van der Waals surface area contributed by atoms with Gasteiger partial charge in [0.2, 0.25) is 0 Å². The number of halogens is 3. The summed E-state index contributed by atoms with van der Waals surface area (Å²) >= 11 is 0. The molecule has 3 rings (SSSR count). The summed E-state index contributed by atoms with van der Waals surface area (Å²) in [5.74, 6) is -4.47. The molecule has 0 spiro atoms. The zero-order valence-corrected chi connectivity index (χ0v) is 15.5. The minimum atomic E-state index is -1.27. The summed E-state index contributed by atoms with van der Waals surface area (Å²) in [6.07, 6.45) is 1.73. The molecule has 0 unspecified atom stereocenters. The van der Waals surface area contributed by atoms with E-state index in [0.29, 0.717) is 30.1 Å². The number of nitrogens with one attached hydrogen (secondary N) is 1. The molecule has 0 saturated heterocycles. The lowest BCUT2D eigenvalue weighted by Crippen LogP contribution is -2.27. The Morgan fingerprint density at radius 3 is 2.40 bits per heavy atom. The number of primary amides is 1. The largest absolute Gasteiger partial charge is 0.457 e. The number of carbonyl (C=O) groups is 2. The van der Waals surface area contributed by atoms with Crippen LogP contribution in [-0.4, -0.2) is 23.3 Å². The summed E-state index contributed by atoms with van der Waals surface area (Å²) in [4.78, 5) is 27.0. The zero-order valence-electron chi connectivity index (χ0n) is 15.5. The van der Waals surface area contributed by atoms with Crippen molar-refractivity contribution in [3.8, 4) is 11.5 Å². The van der Waals surface area contributed by atoms with Gasteiger partial charge in [-0.25, -0.2) is 13.2 Å². The fourth-order valence-electron chi connectivity index (χ4n) is 2.68. The van der Waals surface area contributed by atoms with Crippen molar-refractivity contribution in [2.45, 2.75) is 6.42 Å². The van der Waals surface area contributed by atoms with Crippen LogP contribution in [0.5, 0.6) is 11.5 Å². The van der Waals surface area contributed by atoms with E-state index in [-0.39, 0.29) is 12.2 Å². The maximum absolute atomic E-state index is 13.7. The molecular weight excluding hydrogens is 399 g/mol. The Hall–Kier alpha value is -3.88. The highest BCUT2D eigenvalue weighted by molar-refractivity contribution is 5.94. The van der Waals surface area contributed by atoms with Crippen LogP contribution in [0.15, 0.2) is 54.7 Å². The number of nitrogens with two attached hydrogens (primary N) is 1. The van der Waals surface area contributed by atoms with Crippen molar-refractivity contribution < 1.29 is 27.5 Å². The summed E-state index contributed by atoms with van der Waals surface area (Å²) in [6.45, 7) is 0.0830. The van der Waals surface area contributed by atoms with Gasteiger partial charge in [-0.1, -0.05) is 12.1 Å². The Kier molecular flexibility index (Phi) is 6.31. The van der Waals surface area contributed by atoms with Gasteiger partial charge in [0.05, 0.1) is 0 Å². The number of ether oxygens (including phenoxy) is 1. The molecular formula is C21H16F3N3O3. The number of amides is 2. The SMILES string of the molecule is NC(=O)c1cc(Oc2cccc(CCNC(=O)c3c(F)cc(F)cc3F)c2)ccn1. The fourth-order valence-corrected chi connectivity index (χ4v) is 2.68. The normalized spacial score (nSPS) is 10.5. The molecule has 0 aliphatic carbocycles. The Balaban J connectivity index is 1.61. The van der Waals surface area contributed by atoms with Gasteiger partial charge in [0.25, 0.3) is 11.8 Å². The standard InChI is InChI=1S/C21H16F3N3O3/c22-13-9-16(23)19(17(24)10-13)21(29)27-6-4-12-2-1-3-14(8-12)30-15-5-7-26-18(11-15)20(25)28/h1-3,5,7-11H,4,6H2,(H2,25,28)(H,27,29). The molecule has 0 atom stereocenters. The average Bonchev–Trinajstić information content (AvgIpc) is 2.67. The van der Waals surface area contributed by atoms with Gasteiger partial charge in [-0.2, -0.15) is 0 Å². The summed E-state index contributed by atoms with van der Waals surface area (Å²) < 4.78 is 45.9. The first-order valence-electron chi connectivity index (χ1n) is 8.79. The summed E-state index contributed by atoms with van der Waals surface area (Å²) in [7, 11) is 0. The van der Waals surface area contributed by atoms with Gasteiger partial charge in [-0.05, 0) is 30.2 Å². The molecule has 0 bridgehead atoms. The van der Waals surface area contributed by atoms with Crippen LogP contribution in [0.1, 0.15) is 26.4 Å². The second kappa shape index (κ2) is 9.08. The van der Waals surface area contributed by atoms with Gasteiger partial charge < -0.3 is 15.8 Å². The van der Waals surface area contributed by atoms with Crippen LogP contribution in [0.2, 0.25) is 0 Å². The second-order valence-corrected chi connectivity index (χ2v) is 6.24. The number of hydrogen-bond donors (Lipinski definition) is 2. The van der Waals surface area contributed by atoms with Gasteiger partial charge >= 0.3 is 0 Å². The number of pyridine rings is 1. The molecule has 2 amide bonds. The van der Waals surface area contributed by atoms with Crippen molar-refractivity contribution in [1.29, 1.82) is 0 Å². The lowest BCUT2D eigenvalue weighted by atomic mass is 10.1. The molecule has 0 saturated carbocycles. The van der Waals surface area contributed by atoms with Crippen molar-refractivity contribution in [1.82, 2.24) is 10.3 Å². The molecule has 0 radical (unpaired) electrons. The van der Waals surface area contributed by atoms with Gasteiger partial charge in [0, 0.05) is 30.9 Å². The van der Waals surface area contributed by atoms with Crippen molar-refractivity contribution in [2.24, 2.45) is 5.73 Å². The number of hydrogen-bond acceptors (Lipinski definition) is 4. The topological polar surface area (TPSA) is 94.3 Å². The van der Waals surface area contributed by atoms with Gasteiger partial charge in [0.15, 0.2) is 0 Å². The maximum atomic E-state index is 13.7. The Morgan fingerprint density at radius 2 is 1.70 bits per heavy atom. The van der Waals surface area contributed by atoms with Crippen LogP contribution in [0.4, 0.5) is 13.2 Å². The highest BCUT2D eigenvalue weighted by Crippen LogP contribution is 2.22. The molecule has 6 nitrogen and oxygen atoms in total.